The van der Waals surface area contributed by atoms with E-state index < -0.39 is 0 Å². The van der Waals surface area contributed by atoms with E-state index in [4.69, 9.17) is 0 Å². The standard InChI is InChI=1S/C11H13N2.ClH/c1-2-12-8-9-13(10-12)11-6-4-3-5-7-11;/h3-10H,2H2,1H3;1H/q+1;/p-1. The van der Waals surface area contributed by atoms with Crippen LogP contribution < -0.4 is 17.0 Å². The minimum absolute atomic E-state index is 0. The number of para-hydroxylation sites is 1. The van der Waals surface area contributed by atoms with Gasteiger partial charge >= 0.3 is 0 Å². The van der Waals surface area contributed by atoms with E-state index in [0.717, 1.165) is 6.54 Å². The van der Waals surface area contributed by atoms with Gasteiger partial charge in [0, 0.05) is 0 Å². The summed E-state index contributed by atoms with van der Waals surface area (Å²) >= 11 is 0. The number of benzene rings is 1. The molecule has 0 atom stereocenters. The fourth-order valence-electron chi connectivity index (χ4n) is 1.33. The summed E-state index contributed by atoms with van der Waals surface area (Å²) in [5, 5.41) is 0. The quantitative estimate of drug-likeness (QED) is 0.548. The van der Waals surface area contributed by atoms with Crippen molar-refractivity contribution in [2.45, 2.75) is 13.5 Å². The lowest BCUT2D eigenvalue weighted by Crippen LogP contribution is -3.00. The van der Waals surface area contributed by atoms with E-state index in [0.29, 0.717) is 0 Å². The highest BCUT2D eigenvalue weighted by Gasteiger charge is 2.02. The number of aromatic nitrogens is 2. The van der Waals surface area contributed by atoms with E-state index in [1.54, 1.807) is 0 Å². The summed E-state index contributed by atoms with van der Waals surface area (Å²) in [5.74, 6) is 0. The Bertz CT molecular complexity index is 381. The van der Waals surface area contributed by atoms with Gasteiger partial charge in [-0.2, -0.15) is 0 Å². The molecule has 2 rings (SSSR count). The van der Waals surface area contributed by atoms with Crippen LogP contribution in [0.5, 0.6) is 0 Å². The number of rotatable bonds is 2. The van der Waals surface area contributed by atoms with Gasteiger partial charge in [-0.1, -0.05) is 18.2 Å². The van der Waals surface area contributed by atoms with Crippen molar-refractivity contribution in [2.75, 3.05) is 0 Å². The van der Waals surface area contributed by atoms with Gasteiger partial charge in [0.05, 0.1) is 6.54 Å². The van der Waals surface area contributed by atoms with Crippen LogP contribution in [0.2, 0.25) is 0 Å². The molecule has 3 heteroatoms. The number of aryl methyl sites for hydroxylation is 1. The van der Waals surface area contributed by atoms with E-state index in [1.807, 2.05) is 18.2 Å². The van der Waals surface area contributed by atoms with E-state index in [2.05, 4.69) is 46.9 Å². The fraction of sp³-hybridized carbons (Fsp3) is 0.182. The molecule has 0 saturated carbocycles. The van der Waals surface area contributed by atoms with Gasteiger partial charge in [-0.05, 0) is 19.1 Å². The molecule has 0 unspecified atom stereocenters. The fourth-order valence-corrected chi connectivity index (χ4v) is 1.33. The molecule has 0 N–H and O–H groups in total. The molecular weight excluding hydrogens is 196 g/mol. The molecule has 14 heavy (non-hydrogen) atoms. The third kappa shape index (κ3) is 2.15. The maximum Gasteiger partial charge on any atom is 0.248 e. The Hall–Kier alpha value is -1.28. The highest BCUT2D eigenvalue weighted by molar-refractivity contribution is 5.30. The van der Waals surface area contributed by atoms with Crippen molar-refractivity contribution in [2.24, 2.45) is 0 Å². The number of hydrogen-bond acceptors (Lipinski definition) is 0. The lowest BCUT2D eigenvalue weighted by Gasteiger charge is -1.92. The SMILES string of the molecule is CC[n+]1ccn(-c2ccccc2)c1.[Cl-]. The zero-order chi connectivity index (χ0) is 9.10. The highest BCUT2D eigenvalue weighted by Crippen LogP contribution is 2.03. The van der Waals surface area contributed by atoms with E-state index in [9.17, 15) is 0 Å². The van der Waals surface area contributed by atoms with Crippen LogP contribution >= 0.6 is 0 Å². The van der Waals surface area contributed by atoms with Gasteiger partial charge in [0.25, 0.3) is 0 Å². The number of nitrogens with zero attached hydrogens (tertiary/aromatic N) is 2. The van der Waals surface area contributed by atoms with E-state index in [1.165, 1.54) is 5.69 Å². The molecule has 0 fully saturated rings. The monoisotopic (exact) mass is 208 g/mol. The molecule has 0 saturated heterocycles. The summed E-state index contributed by atoms with van der Waals surface area (Å²) in [5.41, 5.74) is 1.20. The van der Waals surface area contributed by atoms with Gasteiger partial charge in [-0.3, -0.25) is 0 Å². The first kappa shape index (κ1) is 10.8. The van der Waals surface area contributed by atoms with Crippen molar-refractivity contribution in [3.8, 4) is 5.69 Å². The van der Waals surface area contributed by atoms with Gasteiger partial charge in [0.15, 0.2) is 0 Å². The number of halogens is 1. The second-order valence-electron chi connectivity index (χ2n) is 2.99. The second-order valence-corrected chi connectivity index (χ2v) is 2.99. The maximum absolute atomic E-state index is 2.15. The van der Waals surface area contributed by atoms with E-state index in [-0.39, 0.29) is 12.4 Å². The molecule has 1 aromatic heterocycles. The van der Waals surface area contributed by atoms with Gasteiger partial charge in [-0.25, -0.2) is 9.13 Å². The molecule has 0 radical (unpaired) electrons. The molecule has 2 aromatic rings. The summed E-state index contributed by atoms with van der Waals surface area (Å²) in [6.07, 6.45) is 6.24. The molecule has 0 aliphatic heterocycles. The summed E-state index contributed by atoms with van der Waals surface area (Å²) in [7, 11) is 0. The zero-order valence-electron chi connectivity index (χ0n) is 8.10. The van der Waals surface area contributed by atoms with Gasteiger partial charge in [0.1, 0.15) is 18.1 Å². The molecule has 0 amide bonds. The molecule has 0 bridgehead atoms. The molecular formula is C11H13ClN2. The lowest BCUT2D eigenvalue weighted by atomic mass is 10.3. The molecule has 0 aliphatic carbocycles. The van der Waals surface area contributed by atoms with Crippen LogP contribution in [0, 0.1) is 0 Å². The Labute approximate surface area is 90.2 Å². The Morgan fingerprint density at radius 3 is 2.50 bits per heavy atom. The van der Waals surface area contributed by atoms with E-state index >= 15 is 0 Å². The topological polar surface area (TPSA) is 8.81 Å². The third-order valence-corrected chi connectivity index (χ3v) is 2.11. The summed E-state index contributed by atoms with van der Waals surface area (Å²) < 4.78 is 4.26. The summed E-state index contributed by atoms with van der Waals surface area (Å²) in [4.78, 5) is 0. The van der Waals surface area contributed by atoms with Crippen molar-refractivity contribution >= 4 is 0 Å². The normalized spacial score (nSPS) is 9.50. The third-order valence-electron chi connectivity index (χ3n) is 2.11. The number of imidazole rings is 1. The van der Waals surface area contributed by atoms with Crippen LogP contribution in [-0.4, -0.2) is 4.57 Å². The minimum Gasteiger partial charge on any atom is -1.00 e. The largest absolute Gasteiger partial charge is 1.00 e. The Morgan fingerprint density at radius 1 is 1.21 bits per heavy atom. The smallest absolute Gasteiger partial charge is 0.248 e. The van der Waals surface area contributed by atoms with Gasteiger partial charge in [-0.15, -0.1) is 0 Å². The van der Waals surface area contributed by atoms with Crippen molar-refractivity contribution in [3.05, 3.63) is 49.1 Å². The van der Waals surface area contributed by atoms with Crippen LogP contribution in [0.15, 0.2) is 49.1 Å². The average molecular weight is 209 g/mol. The summed E-state index contributed by atoms with van der Waals surface area (Å²) in [6, 6.07) is 10.3. The molecule has 0 spiro atoms. The van der Waals surface area contributed by atoms with Crippen LogP contribution in [0.4, 0.5) is 0 Å². The Balaban J connectivity index is 0.000000980. The van der Waals surface area contributed by atoms with Crippen LogP contribution in [0.3, 0.4) is 0 Å². The van der Waals surface area contributed by atoms with Gasteiger partial charge < -0.3 is 12.4 Å². The second kappa shape index (κ2) is 4.82. The molecule has 2 nitrogen and oxygen atoms in total. The molecule has 1 aromatic carbocycles. The maximum atomic E-state index is 2.15. The van der Waals surface area contributed by atoms with Crippen molar-refractivity contribution in [1.29, 1.82) is 0 Å². The first-order valence-corrected chi connectivity index (χ1v) is 4.52. The summed E-state index contributed by atoms with van der Waals surface area (Å²) in [6.45, 7) is 3.15. The van der Waals surface area contributed by atoms with Crippen molar-refractivity contribution in [1.82, 2.24) is 4.57 Å². The Morgan fingerprint density at radius 2 is 1.93 bits per heavy atom. The first-order valence-electron chi connectivity index (χ1n) is 4.52. The predicted molar refractivity (Wildman–Crippen MR) is 51.6 cm³/mol. The van der Waals surface area contributed by atoms with Crippen LogP contribution in [0.25, 0.3) is 5.69 Å². The number of hydrogen-bond donors (Lipinski definition) is 0. The first-order chi connectivity index (χ1) is 6.40. The van der Waals surface area contributed by atoms with Crippen molar-refractivity contribution in [3.63, 3.8) is 0 Å². The Kier molecular flexibility index (Phi) is 3.72. The molecule has 1 heterocycles. The highest BCUT2D eigenvalue weighted by atomic mass is 35.5. The average Bonchev–Trinajstić information content (AvgIpc) is 2.67. The zero-order valence-corrected chi connectivity index (χ0v) is 8.85. The molecule has 0 aliphatic rings. The predicted octanol–water partition coefficient (Wildman–Crippen LogP) is -1.21. The van der Waals surface area contributed by atoms with Crippen LogP contribution in [-0.2, 0) is 6.54 Å². The van der Waals surface area contributed by atoms with Crippen LogP contribution in [0.1, 0.15) is 6.92 Å². The van der Waals surface area contributed by atoms with Gasteiger partial charge in [0.2, 0.25) is 6.33 Å². The van der Waals surface area contributed by atoms with Crippen molar-refractivity contribution < 1.29 is 17.0 Å². The minimum atomic E-state index is 0. The lowest BCUT2D eigenvalue weighted by molar-refractivity contribution is -0.692. The molecule has 74 valence electrons.